The second-order valence-electron chi connectivity index (χ2n) is 7.21. The quantitative estimate of drug-likeness (QED) is 0.514. The van der Waals surface area contributed by atoms with Gasteiger partial charge in [-0.1, -0.05) is 47.6 Å². The number of hydrogen-bond acceptors (Lipinski definition) is 4. The first-order valence-electron chi connectivity index (χ1n) is 9.46. The molecule has 0 saturated carbocycles. The van der Waals surface area contributed by atoms with E-state index in [0.29, 0.717) is 9.93 Å². The van der Waals surface area contributed by atoms with Crippen LogP contribution in [-0.2, 0) is 4.79 Å². The zero-order chi connectivity index (χ0) is 21.3. The number of phenolic OH excluding ortho intramolecular Hbond substituents is 1. The smallest absolute Gasteiger partial charge is 0.266 e. The van der Waals surface area contributed by atoms with Gasteiger partial charge in [-0.25, -0.2) is 0 Å². The van der Waals surface area contributed by atoms with Crippen molar-refractivity contribution in [2.75, 3.05) is 23.9 Å². The summed E-state index contributed by atoms with van der Waals surface area (Å²) in [5.41, 5.74) is 3.79. The van der Waals surface area contributed by atoms with E-state index in [-0.39, 0.29) is 17.0 Å². The Hall–Kier alpha value is -2.89. The van der Waals surface area contributed by atoms with Gasteiger partial charge in [-0.15, -0.1) is 0 Å². The monoisotopic (exact) mass is 436 g/mol. The Morgan fingerprint density at radius 3 is 2.20 bits per heavy atom. The van der Waals surface area contributed by atoms with Crippen molar-refractivity contribution in [1.29, 1.82) is 0 Å². The van der Waals surface area contributed by atoms with Gasteiger partial charge >= 0.3 is 0 Å². The van der Waals surface area contributed by atoms with Gasteiger partial charge in [0.15, 0.2) is 0 Å². The minimum Gasteiger partial charge on any atom is -0.508 e. The molecule has 1 saturated heterocycles. The molecule has 1 aliphatic heterocycles. The molecule has 0 aromatic heterocycles. The predicted molar refractivity (Wildman–Crippen MR) is 126 cm³/mol. The molecule has 3 aromatic rings. The molecule has 1 atom stereocenters. The van der Waals surface area contributed by atoms with Crippen LogP contribution in [-0.4, -0.2) is 25.1 Å². The molecule has 0 spiro atoms. The maximum absolute atomic E-state index is 13.4. The molecule has 4 nitrogen and oxygen atoms in total. The highest BCUT2D eigenvalue weighted by Gasteiger charge is 2.38. The highest BCUT2D eigenvalue weighted by atomic mass is 35.5. The predicted octanol–water partition coefficient (Wildman–Crippen LogP) is 5.93. The van der Waals surface area contributed by atoms with E-state index in [4.69, 9.17) is 11.6 Å². The van der Waals surface area contributed by atoms with Gasteiger partial charge in [0.1, 0.15) is 11.1 Å². The van der Waals surface area contributed by atoms with Crippen molar-refractivity contribution in [2.24, 2.45) is 0 Å². The Labute approximate surface area is 185 Å². The Morgan fingerprint density at radius 2 is 1.60 bits per heavy atom. The molecule has 3 aromatic carbocycles. The third-order valence-corrected chi connectivity index (χ3v) is 6.40. The summed E-state index contributed by atoms with van der Waals surface area (Å²) in [6.45, 7) is 0. The van der Waals surface area contributed by atoms with Crippen LogP contribution in [0.1, 0.15) is 16.5 Å². The number of phenols is 1. The fourth-order valence-electron chi connectivity index (χ4n) is 3.27. The van der Waals surface area contributed by atoms with E-state index in [9.17, 15) is 9.90 Å². The van der Waals surface area contributed by atoms with Gasteiger partial charge in [0.2, 0.25) is 0 Å². The number of aromatic hydroxyl groups is 1. The van der Waals surface area contributed by atoms with E-state index in [0.717, 1.165) is 22.5 Å². The largest absolute Gasteiger partial charge is 0.508 e. The third-order valence-electron chi connectivity index (χ3n) is 4.89. The van der Waals surface area contributed by atoms with Crippen LogP contribution in [0.5, 0.6) is 5.75 Å². The third kappa shape index (κ3) is 4.18. The van der Waals surface area contributed by atoms with Crippen molar-refractivity contribution >= 4 is 46.7 Å². The number of hydrogen-bond donors (Lipinski definition) is 1. The zero-order valence-electron chi connectivity index (χ0n) is 16.6. The molecule has 0 unspecified atom stereocenters. The van der Waals surface area contributed by atoms with Crippen LogP contribution < -0.4 is 9.80 Å². The van der Waals surface area contributed by atoms with Gasteiger partial charge in [0.05, 0.1) is 4.91 Å². The second kappa shape index (κ2) is 8.46. The van der Waals surface area contributed by atoms with Crippen LogP contribution in [0.3, 0.4) is 0 Å². The lowest BCUT2D eigenvalue weighted by Gasteiger charge is -2.23. The minimum atomic E-state index is -0.216. The van der Waals surface area contributed by atoms with Crippen molar-refractivity contribution in [3.05, 3.63) is 93.9 Å². The fourth-order valence-corrected chi connectivity index (χ4v) is 4.66. The van der Waals surface area contributed by atoms with Crippen LogP contribution >= 0.6 is 23.4 Å². The standard InChI is InChI=1S/C24H21ClN2O2S/c1-26(2)19-9-3-16(4-10-19)15-22-23(29)27(20-11-13-21(28)14-12-20)24(30-22)17-5-7-18(25)8-6-17/h3-15,24,28H,1-2H3/b22-15-/t24-/m1/s1. The average Bonchev–Trinajstić information content (AvgIpc) is 3.06. The first-order valence-corrected chi connectivity index (χ1v) is 10.7. The summed E-state index contributed by atoms with van der Waals surface area (Å²) in [4.78, 5) is 17.8. The van der Waals surface area contributed by atoms with Gasteiger partial charge in [-0.05, 0) is 65.7 Å². The highest BCUT2D eigenvalue weighted by molar-refractivity contribution is 8.05. The first-order chi connectivity index (χ1) is 14.4. The molecule has 0 aliphatic carbocycles. The number of amides is 1. The zero-order valence-corrected chi connectivity index (χ0v) is 18.2. The summed E-state index contributed by atoms with van der Waals surface area (Å²) in [7, 11) is 3.99. The maximum atomic E-state index is 13.4. The Kier molecular flexibility index (Phi) is 5.75. The average molecular weight is 437 g/mol. The van der Waals surface area contributed by atoms with Crippen molar-refractivity contribution in [1.82, 2.24) is 0 Å². The van der Waals surface area contributed by atoms with Gasteiger partial charge in [-0.3, -0.25) is 9.69 Å². The van der Waals surface area contributed by atoms with Crippen molar-refractivity contribution < 1.29 is 9.90 Å². The van der Waals surface area contributed by atoms with Crippen LogP contribution in [0.15, 0.2) is 77.7 Å². The van der Waals surface area contributed by atoms with E-state index in [1.807, 2.05) is 73.6 Å². The lowest BCUT2D eigenvalue weighted by molar-refractivity contribution is -0.114. The molecular formula is C24H21ClN2O2S. The molecule has 0 bridgehead atoms. The van der Waals surface area contributed by atoms with Gasteiger partial charge in [0, 0.05) is 30.5 Å². The molecule has 1 heterocycles. The molecule has 0 radical (unpaired) electrons. The topological polar surface area (TPSA) is 43.8 Å². The van der Waals surface area contributed by atoms with Crippen LogP contribution in [0.25, 0.3) is 6.08 Å². The summed E-state index contributed by atoms with van der Waals surface area (Å²) in [6, 6.07) is 22.3. The molecule has 30 heavy (non-hydrogen) atoms. The molecule has 1 N–H and O–H groups in total. The van der Waals surface area contributed by atoms with Gasteiger partial charge < -0.3 is 10.0 Å². The lowest BCUT2D eigenvalue weighted by Crippen LogP contribution is -2.27. The van der Waals surface area contributed by atoms with E-state index in [2.05, 4.69) is 0 Å². The van der Waals surface area contributed by atoms with Crippen LogP contribution in [0, 0.1) is 0 Å². The number of halogens is 1. The first kappa shape index (κ1) is 20.4. The SMILES string of the molecule is CN(C)c1ccc(/C=C2\S[C@H](c3ccc(Cl)cc3)N(c3ccc(O)cc3)C2=O)cc1. The molecule has 4 rings (SSSR count). The van der Waals surface area contributed by atoms with Crippen molar-refractivity contribution in [3.63, 3.8) is 0 Å². The lowest BCUT2D eigenvalue weighted by atomic mass is 10.1. The number of thioether (sulfide) groups is 1. The number of carbonyl (C=O) groups excluding carboxylic acids is 1. The van der Waals surface area contributed by atoms with E-state index in [1.54, 1.807) is 29.2 Å². The Bertz CT molecular complexity index is 1080. The summed E-state index contributed by atoms with van der Waals surface area (Å²) in [5.74, 6) is 0.0974. The summed E-state index contributed by atoms with van der Waals surface area (Å²) in [5, 5.41) is 10.1. The van der Waals surface area contributed by atoms with E-state index < -0.39 is 0 Å². The fraction of sp³-hybridized carbons (Fsp3) is 0.125. The molecule has 6 heteroatoms. The number of rotatable bonds is 4. The molecule has 1 amide bonds. The van der Waals surface area contributed by atoms with Gasteiger partial charge in [0.25, 0.3) is 5.91 Å². The summed E-state index contributed by atoms with van der Waals surface area (Å²) < 4.78 is 0. The Morgan fingerprint density at radius 1 is 0.967 bits per heavy atom. The summed E-state index contributed by atoms with van der Waals surface area (Å²) >= 11 is 7.57. The van der Waals surface area contributed by atoms with Crippen LogP contribution in [0.2, 0.25) is 5.02 Å². The second-order valence-corrected chi connectivity index (χ2v) is 8.77. The normalized spacial score (nSPS) is 17.6. The number of anilines is 2. The summed E-state index contributed by atoms with van der Waals surface area (Å²) in [6.07, 6.45) is 1.93. The van der Waals surface area contributed by atoms with Crippen molar-refractivity contribution in [3.8, 4) is 5.75 Å². The van der Waals surface area contributed by atoms with Gasteiger partial charge in [-0.2, -0.15) is 0 Å². The minimum absolute atomic E-state index is 0.0673. The maximum Gasteiger partial charge on any atom is 0.266 e. The van der Waals surface area contributed by atoms with Crippen LogP contribution in [0.4, 0.5) is 11.4 Å². The number of nitrogens with zero attached hydrogens (tertiary/aromatic N) is 2. The highest BCUT2D eigenvalue weighted by Crippen LogP contribution is 2.48. The van der Waals surface area contributed by atoms with E-state index >= 15 is 0 Å². The Balaban J connectivity index is 1.72. The molecule has 1 fully saturated rings. The molecule has 152 valence electrons. The molecule has 1 aliphatic rings. The number of benzene rings is 3. The number of carbonyl (C=O) groups is 1. The van der Waals surface area contributed by atoms with Crippen molar-refractivity contribution in [2.45, 2.75) is 5.37 Å². The molecular weight excluding hydrogens is 416 g/mol. The van der Waals surface area contributed by atoms with E-state index in [1.165, 1.54) is 11.8 Å².